The Morgan fingerprint density at radius 1 is 1.59 bits per heavy atom. The Balaban J connectivity index is 2.91. The van der Waals surface area contributed by atoms with Crippen molar-refractivity contribution in [2.45, 2.75) is 31.8 Å². The predicted molar refractivity (Wildman–Crippen MR) is 64.3 cm³/mol. The third kappa shape index (κ3) is 2.96. The van der Waals surface area contributed by atoms with Crippen molar-refractivity contribution in [3.8, 4) is 6.07 Å². The minimum absolute atomic E-state index is 0.0296. The molecule has 1 rings (SSSR count). The fraction of sp³-hybridized carbons (Fsp3) is 0.833. The molecule has 1 amide bonds. The van der Waals surface area contributed by atoms with Crippen molar-refractivity contribution in [2.75, 3.05) is 33.9 Å². The van der Waals surface area contributed by atoms with Crippen LogP contribution in [0.2, 0.25) is 0 Å². The standard InChI is InChI=1S/C12H21N3O2/c1-12(2)9-14(3)11(16)10(5-6-13)15(12)7-8-17-4/h10H,5,7-9H2,1-4H3. The summed E-state index contributed by atoms with van der Waals surface area (Å²) in [4.78, 5) is 15.9. The summed E-state index contributed by atoms with van der Waals surface area (Å²) in [6.45, 7) is 6.11. The van der Waals surface area contributed by atoms with Crippen LogP contribution in [0, 0.1) is 11.3 Å². The van der Waals surface area contributed by atoms with E-state index in [2.05, 4.69) is 24.8 Å². The highest BCUT2D eigenvalue weighted by molar-refractivity contribution is 5.83. The Hall–Kier alpha value is -1.12. The zero-order chi connectivity index (χ0) is 13.1. The maximum atomic E-state index is 12.1. The minimum Gasteiger partial charge on any atom is -0.383 e. The highest BCUT2D eigenvalue weighted by Crippen LogP contribution is 2.26. The summed E-state index contributed by atoms with van der Waals surface area (Å²) in [6, 6.07) is 1.76. The van der Waals surface area contributed by atoms with Gasteiger partial charge in [0.1, 0.15) is 6.04 Å². The lowest BCUT2D eigenvalue weighted by molar-refractivity contribution is -0.148. The molecule has 0 aromatic rings. The van der Waals surface area contributed by atoms with E-state index in [1.165, 1.54) is 0 Å². The van der Waals surface area contributed by atoms with Gasteiger partial charge in [-0.05, 0) is 13.8 Å². The fourth-order valence-corrected chi connectivity index (χ4v) is 2.49. The average Bonchev–Trinajstić information content (AvgIpc) is 2.24. The van der Waals surface area contributed by atoms with Crippen LogP contribution in [0.4, 0.5) is 0 Å². The molecule has 0 aliphatic carbocycles. The molecule has 1 aliphatic rings. The second kappa shape index (κ2) is 5.48. The lowest BCUT2D eigenvalue weighted by Gasteiger charge is -2.49. The number of carbonyl (C=O) groups is 1. The van der Waals surface area contributed by atoms with Gasteiger partial charge in [0.15, 0.2) is 0 Å². The number of hydrogen-bond acceptors (Lipinski definition) is 4. The average molecular weight is 239 g/mol. The molecule has 96 valence electrons. The van der Waals surface area contributed by atoms with Crippen LogP contribution in [0.15, 0.2) is 0 Å². The number of rotatable bonds is 4. The van der Waals surface area contributed by atoms with Gasteiger partial charge in [-0.25, -0.2) is 0 Å². The van der Waals surface area contributed by atoms with E-state index in [0.717, 1.165) is 0 Å². The van der Waals surface area contributed by atoms with Crippen molar-refractivity contribution in [3.05, 3.63) is 0 Å². The zero-order valence-electron chi connectivity index (χ0n) is 11.1. The summed E-state index contributed by atoms with van der Waals surface area (Å²) in [5.41, 5.74) is -0.122. The number of hydrogen-bond donors (Lipinski definition) is 0. The van der Waals surface area contributed by atoms with Crippen LogP contribution >= 0.6 is 0 Å². The van der Waals surface area contributed by atoms with Crippen molar-refractivity contribution in [2.24, 2.45) is 0 Å². The first-order valence-corrected chi connectivity index (χ1v) is 5.81. The maximum Gasteiger partial charge on any atom is 0.240 e. The number of piperazine rings is 1. The number of methoxy groups -OCH3 is 1. The van der Waals surface area contributed by atoms with Crippen LogP contribution in [0.3, 0.4) is 0 Å². The normalized spacial score (nSPS) is 24.8. The molecule has 17 heavy (non-hydrogen) atoms. The van der Waals surface area contributed by atoms with Crippen LogP contribution in [0.25, 0.3) is 0 Å². The topological polar surface area (TPSA) is 56.6 Å². The van der Waals surface area contributed by atoms with Gasteiger partial charge in [0.25, 0.3) is 0 Å². The van der Waals surface area contributed by atoms with Gasteiger partial charge in [-0.3, -0.25) is 9.69 Å². The van der Waals surface area contributed by atoms with E-state index in [-0.39, 0.29) is 23.9 Å². The minimum atomic E-state index is -0.344. The molecule has 1 atom stereocenters. The van der Waals surface area contributed by atoms with Crippen LogP contribution in [-0.2, 0) is 9.53 Å². The molecule has 5 heteroatoms. The number of nitrogens with zero attached hydrogens (tertiary/aromatic N) is 3. The Labute approximate surface area is 103 Å². The molecular weight excluding hydrogens is 218 g/mol. The van der Waals surface area contributed by atoms with Crippen LogP contribution < -0.4 is 0 Å². The molecule has 1 unspecified atom stereocenters. The van der Waals surface area contributed by atoms with Gasteiger partial charge in [-0.1, -0.05) is 0 Å². The molecule has 0 bridgehead atoms. The molecule has 0 aromatic carbocycles. The predicted octanol–water partition coefficient (Wildman–Crippen LogP) is 0.468. The van der Waals surface area contributed by atoms with E-state index >= 15 is 0 Å². The van der Waals surface area contributed by atoms with Gasteiger partial charge in [-0.2, -0.15) is 5.26 Å². The first-order valence-electron chi connectivity index (χ1n) is 5.81. The van der Waals surface area contributed by atoms with Crippen molar-refractivity contribution < 1.29 is 9.53 Å². The molecule has 0 radical (unpaired) electrons. The summed E-state index contributed by atoms with van der Waals surface area (Å²) < 4.78 is 5.08. The number of carbonyl (C=O) groups excluding carboxylic acids is 1. The lowest BCUT2D eigenvalue weighted by atomic mass is 9.93. The molecule has 0 saturated carbocycles. The quantitative estimate of drug-likeness (QED) is 0.715. The Kier molecular flexibility index (Phi) is 4.49. The van der Waals surface area contributed by atoms with Crippen LogP contribution in [0.1, 0.15) is 20.3 Å². The molecule has 0 N–H and O–H groups in total. The largest absolute Gasteiger partial charge is 0.383 e. The van der Waals surface area contributed by atoms with E-state index < -0.39 is 0 Å². The zero-order valence-corrected chi connectivity index (χ0v) is 11.1. The van der Waals surface area contributed by atoms with Crippen LogP contribution in [0.5, 0.6) is 0 Å². The summed E-state index contributed by atoms with van der Waals surface area (Å²) in [6.07, 6.45) is 0.232. The first kappa shape index (κ1) is 13.9. The molecular formula is C12H21N3O2. The third-order valence-electron chi connectivity index (χ3n) is 3.26. The van der Waals surface area contributed by atoms with Crippen molar-refractivity contribution in [3.63, 3.8) is 0 Å². The van der Waals surface area contributed by atoms with Crippen molar-refractivity contribution in [1.82, 2.24) is 9.80 Å². The van der Waals surface area contributed by atoms with Crippen LogP contribution in [-0.4, -0.2) is 61.1 Å². The molecule has 1 fully saturated rings. The molecule has 1 heterocycles. The molecule has 1 aliphatic heterocycles. The van der Waals surface area contributed by atoms with Gasteiger partial charge in [0, 0.05) is 32.8 Å². The number of nitriles is 1. The first-order chi connectivity index (χ1) is 7.94. The van der Waals surface area contributed by atoms with E-state index in [4.69, 9.17) is 10.00 Å². The van der Waals surface area contributed by atoms with Gasteiger partial charge >= 0.3 is 0 Å². The molecule has 1 saturated heterocycles. The molecule has 5 nitrogen and oxygen atoms in total. The smallest absolute Gasteiger partial charge is 0.240 e. The summed E-state index contributed by atoms with van der Waals surface area (Å²) in [5.74, 6) is 0.0296. The Morgan fingerprint density at radius 3 is 2.76 bits per heavy atom. The third-order valence-corrected chi connectivity index (χ3v) is 3.26. The highest BCUT2D eigenvalue weighted by Gasteiger charge is 2.43. The monoisotopic (exact) mass is 239 g/mol. The van der Waals surface area contributed by atoms with Crippen molar-refractivity contribution >= 4 is 5.91 Å². The number of ether oxygens (including phenoxy) is 1. The lowest BCUT2D eigenvalue weighted by Crippen LogP contribution is -2.66. The van der Waals surface area contributed by atoms with E-state index in [0.29, 0.717) is 19.7 Å². The summed E-state index contributed by atoms with van der Waals surface area (Å²) >= 11 is 0. The second-order valence-electron chi connectivity index (χ2n) is 5.07. The fourth-order valence-electron chi connectivity index (χ4n) is 2.49. The highest BCUT2D eigenvalue weighted by atomic mass is 16.5. The molecule has 0 spiro atoms. The van der Waals surface area contributed by atoms with E-state index in [1.807, 2.05) is 0 Å². The summed E-state index contributed by atoms with van der Waals surface area (Å²) in [5, 5.41) is 8.86. The van der Waals surface area contributed by atoms with Gasteiger partial charge < -0.3 is 9.64 Å². The van der Waals surface area contributed by atoms with E-state index in [1.54, 1.807) is 19.1 Å². The van der Waals surface area contributed by atoms with Gasteiger partial charge in [0.05, 0.1) is 19.1 Å². The summed E-state index contributed by atoms with van der Waals surface area (Å²) in [7, 11) is 3.44. The van der Waals surface area contributed by atoms with E-state index in [9.17, 15) is 4.79 Å². The number of amides is 1. The SMILES string of the molecule is COCCN1C(CC#N)C(=O)N(C)CC1(C)C. The molecule has 0 aromatic heterocycles. The Morgan fingerprint density at radius 2 is 2.24 bits per heavy atom. The second-order valence-corrected chi connectivity index (χ2v) is 5.07. The van der Waals surface area contributed by atoms with Crippen molar-refractivity contribution in [1.29, 1.82) is 5.26 Å². The Bertz CT molecular complexity index is 322. The maximum absolute atomic E-state index is 12.1. The van der Waals surface area contributed by atoms with Gasteiger partial charge in [-0.15, -0.1) is 0 Å². The number of likely N-dealkylation sites (N-methyl/N-ethyl adjacent to an activating group) is 1. The van der Waals surface area contributed by atoms with Gasteiger partial charge in [0.2, 0.25) is 5.91 Å².